The van der Waals surface area contributed by atoms with Crippen LogP contribution in [0.1, 0.15) is 19.3 Å². The van der Waals surface area contributed by atoms with Gasteiger partial charge in [0.2, 0.25) is 0 Å². The SMILES string of the molecule is Fc1cccc(OC2CCC2)c1. The van der Waals surface area contributed by atoms with Crippen molar-refractivity contribution in [1.29, 1.82) is 0 Å². The van der Waals surface area contributed by atoms with E-state index in [1.165, 1.54) is 18.6 Å². The lowest BCUT2D eigenvalue weighted by atomic mass is 9.96. The van der Waals surface area contributed by atoms with E-state index >= 15 is 0 Å². The van der Waals surface area contributed by atoms with Gasteiger partial charge in [0.15, 0.2) is 0 Å². The molecule has 1 aliphatic carbocycles. The first-order valence-electron chi connectivity index (χ1n) is 4.27. The Morgan fingerprint density at radius 3 is 2.75 bits per heavy atom. The van der Waals surface area contributed by atoms with Crippen molar-refractivity contribution in [2.24, 2.45) is 0 Å². The van der Waals surface area contributed by atoms with Gasteiger partial charge in [-0.15, -0.1) is 0 Å². The number of ether oxygens (including phenoxy) is 1. The van der Waals surface area contributed by atoms with Crippen LogP contribution >= 0.6 is 0 Å². The molecule has 0 saturated heterocycles. The topological polar surface area (TPSA) is 9.23 Å². The molecular formula is C10H11FO. The summed E-state index contributed by atoms with van der Waals surface area (Å²) in [6.07, 6.45) is 3.78. The van der Waals surface area contributed by atoms with Crippen LogP contribution in [0.5, 0.6) is 5.75 Å². The number of hydrogen-bond donors (Lipinski definition) is 0. The van der Waals surface area contributed by atoms with E-state index in [4.69, 9.17) is 4.74 Å². The fourth-order valence-electron chi connectivity index (χ4n) is 1.22. The van der Waals surface area contributed by atoms with Crippen LogP contribution < -0.4 is 4.74 Å². The maximum Gasteiger partial charge on any atom is 0.126 e. The largest absolute Gasteiger partial charge is 0.490 e. The molecule has 1 aliphatic rings. The molecule has 0 amide bonds. The first kappa shape index (κ1) is 7.59. The van der Waals surface area contributed by atoms with Crippen LogP contribution in [0.25, 0.3) is 0 Å². The third-order valence-corrected chi connectivity index (χ3v) is 2.15. The van der Waals surface area contributed by atoms with Gasteiger partial charge in [-0.2, -0.15) is 0 Å². The number of hydrogen-bond acceptors (Lipinski definition) is 1. The lowest BCUT2D eigenvalue weighted by Gasteiger charge is -2.26. The Kier molecular flexibility index (Phi) is 1.98. The first-order valence-corrected chi connectivity index (χ1v) is 4.27. The van der Waals surface area contributed by atoms with Crippen molar-refractivity contribution < 1.29 is 9.13 Å². The highest BCUT2D eigenvalue weighted by Crippen LogP contribution is 2.25. The highest BCUT2D eigenvalue weighted by atomic mass is 19.1. The van der Waals surface area contributed by atoms with E-state index in [0.29, 0.717) is 11.9 Å². The summed E-state index contributed by atoms with van der Waals surface area (Å²) < 4.78 is 18.2. The van der Waals surface area contributed by atoms with E-state index in [9.17, 15) is 4.39 Å². The maximum absolute atomic E-state index is 12.7. The second-order valence-corrected chi connectivity index (χ2v) is 3.13. The van der Waals surface area contributed by atoms with Crippen LogP contribution in [0.3, 0.4) is 0 Å². The van der Waals surface area contributed by atoms with Gasteiger partial charge in [0.25, 0.3) is 0 Å². The van der Waals surface area contributed by atoms with Crippen molar-refractivity contribution in [3.05, 3.63) is 30.1 Å². The molecule has 1 fully saturated rings. The van der Waals surface area contributed by atoms with Gasteiger partial charge in [0.05, 0.1) is 6.10 Å². The molecule has 0 heterocycles. The molecule has 0 aliphatic heterocycles. The van der Waals surface area contributed by atoms with Gasteiger partial charge in [0.1, 0.15) is 11.6 Å². The number of rotatable bonds is 2. The van der Waals surface area contributed by atoms with Crippen molar-refractivity contribution in [1.82, 2.24) is 0 Å². The number of benzene rings is 1. The first-order chi connectivity index (χ1) is 5.84. The summed E-state index contributed by atoms with van der Waals surface area (Å²) in [7, 11) is 0. The fourth-order valence-corrected chi connectivity index (χ4v) is 1.22. The fraction of sp³-hybridized carbons (Fsp3) is 0.400. The predicted molar refractivity (Wildman–Crippen MR) is 44.7 cm³/mol. The van der Waals surface area contributed by atoms with Crippen LogP contribution in [-0.4, -0.2) is 6.10 Å². The lowest BCUT2D eigenvalue weighted by molar-refractivity contribution is 0.120. The highest BCUT2D eigenvalue weighted by Gasteiger charge is 2.18. The maximum atomic E-state index is 12.7. The van der Waals surface area contributed by atoms with Gasteiger partial charge in [-0.25, -0.2) is 4.39 Å². The Bertz CT molecular complexity index is 268. The molecule has 0 radical (unpaired) electrons. The van der Waals surface area contributed by atoms with E-state index in [1.54, 1.807) is 12.1 Å². The van der Waals surface area contributed by atoms with Crippen molar-refractivity contribution in [2.75, 3.05) is 0 Å². The third kappa shape index (κ3) is 1.58. The average Bonchev–Trinajstić information content (AvgIpc) is 1.97. The third-order valence-electron chi connectivity index (χ3n) is 2.15. The van der Waals surface area contributed by atoms with Crippen LogP contribution in [0.15, 0.2) is 24.3 Å². The van der Waals surface area contributed by atoms with E-state index in [0.717, 1.165) is 12.8 Å². The molecule has 1 saturated carbocycles. The number of halogens is 1. The van der Waals surface area contributed by atoms with E-state index in [-0.39, 0.29) is 5.82 Å². The summed E-state index contributed by atoms with van der Waals surface area (Å²) in [6, 6.07) is 6.32. The molecular weight excluding hydrogens is 155 g/mol. The molecule has 1 nitrogen and oxygen atoms in total. The summed E-state index contributed by atoms with van der Waals surface area (Å²) in [6.45, 7) is 0. The molecule has 1 aromatic rings. The summed E-state index contributed by atoms with van der Waals surface area (Å²) in [5, 5.41) is 0. The summed E-state index contributed by atoms with van der Waals surface area (Å²) >= 11 is 0. The van der Waals surface area contributed by atoms with Crippen LogP contribution in [0, 0.1) is 5.82 Å². The second kappa shape index (κ2) is 3.13. The minimum atomic E-state index is -0.230. The Morgan fingerprint density at radius 2 is 2.17 bits per heavy atom. The molecule has 2 rings (SSSR count). The van der Waals surface area contributed by atoms with Crippen molar-refractivity contribution in [2.45, 2.75) is 25.4 Å². The molecule has 1 aromatic carbocycles. The van der Waals surface area contributed by atoms with Crippen molar-refractivity contribution in [3.63, 3.8) is 0 Å². The molecule has 0 N–H and O–H groups in total. The summed E-state index contributed by atoms with van der Waals surface area (Å²) in [5.74, 6) is 0.423. The Morgan fingerprint density at radius 1 is 1.33 bits per heavy atom. The van der Waals surface area contributed by atoms with Crippen molar-refractivity contribution in [3.8, 4) is 5.75 Å². The van der Waals surface area contributed by atoms with Crippen LogP contribution in [0.4, 0.5) is 4.39 Å². The molecule has 0 unspecified atom stereocenters. The van der Waals surface area contributed by atoms with Gasteiger partial charge >= 0.3 is 0 Å². The highest BCUT2D eigenvalue weighted by molar-refractivity contribution is 5.22. The second-order valence-electron chi connectivity index (χ2n) is 3.13. The normalized spacial score (nSPS) is 17.1. The van der Waals surface area contributed by atoms with Gasteiger partial charge < -0.3 is 4.74 Å². The molecule has 0 atom stereocenters. The minimum absolute atomic E-state index is 0.230. The molecule has 12 heavy (non-hydrogen) atoms. The van der Waals surface area contributed by atoms with E-state index < -0.39 is 0 Å². The Hall–Kier alpha value is -1.05. The molecule has 0 bridgehead atoms. The zero-order valence-corrected chi connectivity index (χ0v) is 6.79. The monoisotopic (exact) mass is 166 g/mol. The summed E-state index contributed by atoms with van der Waals surface area (Å²) in [5.41, 5.74) is 0. The van der Waals surface area contributed by atoms with Gasteiger partial charge in [-0.1, -0.05) is 6.07 Å². The van der Waals surface area contributed by atoms with E-state index in [1.807, 2.05) is 0 Å². The quantitative estimate of drug-likeness (QED) is 0.656. The van der Waals surface area contributed by atoms with Crippen molar-refractivity contribution >= 4 is 0 Å². The predicted octanol–water partition coefficient (Wildman–Crippen LogP) is 2.76. The Balaban J connectivity index is 2.02. The van der Waals surface area contributed by atoms with Gasteiger partial charge in [-0.3, -0.25) is 0 Å². The lowest BCUT2D eigenvalue weighted by Crippen LogP contribution is -2.24. The average molecular weight is 166 g/mol. The molecule has 2 heteroatoms. The smallest absolute Gasteiger partial charge is 0.126 e. The van der Waals surface area contributed by atoms with Gasteiger partial charge in [-0.05, 0) is 31.4 Å². The molecule has 0 spiro atoms. The molecule has 0 aromatic heterocycles. The standard InChI is InChI=1S/C10H11FO/c11-8-3-1-6-10(7-8)12-9-4-2-5-9/h1,3,6-7,9H,2,4-5H2. The zero-order chi connectivity index (χ0) is 8.39. The minimum Gasteiger partial charge on any atom is -0.490 e. The van der Waals surface area contributed by atoms with E-state index in [2.05, 4.69) is 0 Å². The van der Waals surface area contributed by atoms with Crippen LogP contribution in [0.2, 0.25) is 0 Å². The van der Waals surface area contributed by atoms with Crippen LogP contribution in [-0.2, 0) is 0 Å². The van der Waals surface area contributed by atoms with Gasteiger partial charge in [0, 0.05) is 6.07 Å². The molecule has 64 valence electrons. The zero-order valence-electron chi connectivity index (χ0n) is 6.79. The Labute approximate surface area is 71.2 Å². The summed E-state index contributed by atoms with van der Waals surface area (Å²) in [4.78, 5) is 0.